The van der Waals surface area contributed by atoms with Crippen molar-refractivity contribution < 1.29 is 14.3 Å². The van der Waals surface area contributed by atoms with Crippen molar-refractivity contribution in [2.45, 2.75) is 12.8 Å². The average Bonchev–Trinajstić information content (AvgIpc) is 2.60. The van der Waals surface area contributed by atoms with Crippen LogP contribution in [-0.2, 0) is 11.2 Å². The van der Waals surface area contributed by atoms with Gasteiger partial charge in [0.1, 0.15) is 5.75 Å². The van der Waals surface area contributed by atoms with E-state index >= 15 is 0 Å². The summed E-state index contributed by atoms with van der Waals surface area (Å²) in [5.41, 5.74) is 2.04. The number of aryl methyl sites for hydroxylation is 1. The third-order valence-electron chi connectivity index (χ3n) is 3.51. The fraction of sp³-hybridized carbons (Fsp3) is 0.278. The number of carbonyl (C=O) groups excluding carboxylic acids is 2. The van der Waals surface area contributed by atoms with Gasteiger partial charge in [-0.3, -0.25) is 14.6 Å². The maximum atomic E-state index is 12.2. The molecule has 0 unspecified atom stereocenters. The zero-order valence-corrected chi connectivity index (χ0v) is 14.1. The summed E-state index contributed by atoms with van der Waals surface area (Å²) in [5.74, 6) is 0.184. The molecule has 1 heterocycles. The first kappa shape index (κ1) is 17.5. The SMILES string of the molecule is COc1ccc(NC(=O)CCc2ccncc2)cc1C(=O)N(C)C. The molecule has 1 aromatic carbocycles. The van der Waals surface area contributed by atoms with Gasteiger partial charge in [0.2, 0.25) is 5.91 Å². The monoisotopic (exact) mass is 327 g/mol. The smallest absolute Gasteiger partial charge is 0.257 e. The number of carbonyl (C=O) groups is 2. The largest absolute Gasteiger partial charge is 0.496 e. The molecule has 0 radical (unpaired) electrons. The molecular formula is C18H21N3O3. The van der Waals surface area contributed by atoms with E-state index in [-0.39, 0.29) is 11.8 Å². The highest BCUT2D eigenvalue weighted by molar-refractivity contribution is 5.99. The third kappa shape index (κ3) is 4.55. The van der Waals surface area contributed by atoms with Gasteiger partial charge in [0, 0.05) is 38.6 Å². The Morgan fingerprint density at radius 1 is 1.17 bits per heavy atom. The Kier molecular flexibility index (Phi) is 5.89. The quantitative estimate of drug-likeness (QED) is 0.884. The van der Waals surface area contributed by atoms with Crippen LogP contribution in [0.1, 0.15) is 22.3 Å². The molecule has 6 nitrogen and oxygen atoms in total. The standard InChI is InChI=1S/C18H21N3O3/c1-21(2)18(23)15-12-14(5-6-16(15)24-3)20-17(22)7-4-13-8-10-19-11-9-13/h5-6,8-12H,4,7H2,1-3H3,(H,20,22). The summed E-state index contributed by atoms with van der Waals surface area (Å²) in [7, 11) is 4.85. The number of ether oxygens (including phenoxy) is 1. The molecule has 0 spiro atoms. The van der Waals surface area contributed by atoms with Crippen LogP contribution < -0.4 is 10.1 Å². The molecule has 0 bridgehead atoms. The molecule has 0 aliphatic carbocycles. The molecule has 2 rings (SSSR count). The Morgan fingerprint density at radius 3 is 2.50 bits per heavy atom. The van der Waals surface area contributed by atoms with Gasteiger partial charge in [-0.25, -0.2) is 0 Å². The number of benzene rings is 1. The fourth-order valence-corrected chi connectivity index (χ4v) is 2.22. The van der Waals surface area contributed by atoms with Gasteiger partial charge in [0.05, 0.1) is 12.7 Å². The van der Waals surface area contributed by atoms with Crippen molar-refractivity contribution in [3.05, 3.63) is 53.9 Å². The number of nitrogens with zero attached hydrogens (tertiary/aromatic N) is 2. The summed E-state index contributed by atoms with van der Waals surface area (Å²) in [4.78, 5) is 29.7. The van der Waals surface area contributed by atoms with E-state index in [1.807, 2.05) is 12.1 Å². The number of anilines is 1. The van der Waals surface area contributed by atoms with Gasteiger partial charge in [0.15, 0.2) is 0 Å². The van der Waals surface area contributed by atoms with E-state index in [1.165, 1.54) is 12.0 Å². The highest BCUT2D eigenvalue weighted by atomic mass is 16.5. The highest BCUT2D eigenvalue weighted by Crippen LogP contribution is 2.24. The van der Waals surface area contributed by atoms with E-state index in [0.29, 0.717) is 29.8 Å². The molecule has 0 fully saturated rings. The van der Waals surface area contributed by atoms with Crippen molar-refractivity contribution in [1.82, 2.24) is 9.88 Å². The molecule has 0 atom stereocenters. The Bertz CT molecular complexity index is 715. The minimum atomic E-state index is -0.181. The summed E-state index contributed by atoms with van der Waals surface area (Å²) < 4.78 is 5.22. The predicted octanol–water partition coefficient (Wildman–Crippen LogP) is 2.36. The molecule has 6 heteroatoms. The van der Waals surface area contributed by atoms with Crippen LogP contribution in [0.5, 0.6) is 5.75 Å². The fourth-order valence-electron chi connectivity index (χ4n) is 2.22. The zero-order chi connectivity index (χ0) is 17.5. The van der Waals surface area contributed by atoms with E-state index in [2.05, 4.69) is 10.3 Å². The van der Waals surface area contributed by atoms with Gasteiger partial charge in [0.25, 0.3) is 5.91 Å². The molecule has 24 heavy (non-hydrogen) atoms. The van der Waals surface area contributed by atoms with Crippen LogP contribution >= 0.6 is 0 Å². The van der Waals surface area contributed by atoms with Crippen LogP contribution in [0, 0.1) is 0 Å². The molecule has 0 aliphatic heterocycles. The lowest BCUT2D eigenvalue weighted by Crippen LogP contribution is -2.22. The first-order valence-electron chi connectivity index (χ1n) is 7.59. The van der Waals surface area contributed by atoms with Gasteiger partial charge in [-0.1, -0.05) is 0 Å². The maximum absolute atomic E-state index is 12.2. The van der Waals surface area contributed by atoms with Gasteiger partial charge in [-0.15, -0.1) is 0 Å². The molecule has 1 aromatic heterocycles. The predicted molar refractivity (Wildman–Crippen MR) is 92.2 cm³/mol. The minimum Gasteiger partial charge on any atom is -0.496 e. The lowest BCUT2D eigenvalue weighted by Gasteiger charge is -2.15. The van der Waals surface area contributed by atoms with Gasteiger partial charge < -0.3 is 15.0 Å². The number of methoxy groups -OCH3 is 1. The zero-order valence-electron chi connectivity index (χ0n) is 14.1. The van der Waals surface area contributed by atoms with Crippen molar-refractivity contribution in [3.63, 3.8) is 0 Å². The van der Waals surface area contributed by atoms with E-state index in [0.717, 1.165) is 5.56 Å². The molecule has 126 valence electrons. The number of amides is 2. The summed E-state index contributed by atoms with van der Waals surface area (Å²) in [6, 6.07) is 8.79. The minimum absolute atomic E-state index is 0.111. The second kappa shape index (κ2) is 8.10. The molecule has 0 aliphatic rings. The second-order valence-electron chi connectivity index (χ2n) is 5.52. The first-order valence-corrected chi connectivity index (χ1v) is 7.59. The molecule has 0 saturated carbocycles. The number of hydrogen-bond donors (Lipinski definition) is 1. The Balaban J connectivity index is 2.05. The summed E-state index contributed by atoms with van der Waals surface area (Å²) in [6.45, 7) is 0. The molecule has 2 aromatic rings. The van der Waals surface area contributed by atoms with Crippen LogP contribution in [0.3, 0.4) is 0 Å². The van der Waals surface area contributed by atoms with Crippen LogP contribution in [-0.4, -0.2) is 42.9 Å². The van der Waals surface area contributed by atoms with Crippen LogP contribution in [0.15, 0.2) is 42.7 Å². The van der Waals surface area contributed by atoms with Gasteiger partial charge >= 0.3 is 0 Å². The third-order valence-corrected chi connectivity index (χ3v) is 3.51. The van der Waals surface area contributed by atoms with E-state index in [1.54, 1.807) is 44.7 Å². The van der Waals surface area contributed by atoms with Crippen molar-refractivity contribution in [2.75, 3.05) is 26.5 Å². The van der Waals surface area contributed by atoms with Gasteiger partial charge in [-0.05, 0) is 42.3 Å². The Hall–Kier alpha value is -2.89. The highest BCUT2D eigenvalue weighted by Gasteiger charge is 2.15. The van der Waals surface area contributed by atoms with Crippen molar-refractivity contribution in [1.29, 1.82) is 0 Å². The van der Waals surface area contributed by atoms with E-state index in [4.69, 9.17) is 4.74 Å². The van der Waals surface area contributed by atoms with Crippen molar-refractivity contribution in [3.8, 4) is 5.75 Å². The maximum Gasteiger partial charge on any atom is 0.257 e. The summed E-state index contributed by atoms with van der Waals surface area (Å²) in [5, 5.41) is 2.82. The topological polar surface area (TPSA) is 71.5 Å². The summed E-state index contributed by atoms with van der Waals surface area (Å²) in [6.07, 6.45) is 4.40. The van der Waals surface area contributed by atoms with Crippen LogP contribution in [0.4, 0.5) is 5.69 Å². The van der Waals surface area contributed by atoms with E-state index in [9.17, 15) is 9.59 Å². The Labute approximate surface area is 141 Å². The normalized spacial score (nSPS) is 10.1. The molecule has 2 amide bonds. The van der Waals surface area contributed by atoms with Crippen LogP contribution in [0.2, 0.25) is 0 Å². The second-order valence-corrected chi connectivity index (χ2v) is 5.52. The first-order chi connectivity index (χ1) is 11.5. The van der Waals surface area contributed by atoms with Crippen molar-refractivity contribution in [2.24, 2.45) is 0 Å². The average molecular weight is 327 g/mol. The lowest BCUT2D eigenvalue weighted by molar-refractivity contribution is -0.116. The molecule has 0 saturated heterocycles. The Morgan fingerprint density at radius 2 is 1.88 bits per heavy atom. The van der Waals surface area contributed by atoms with Gasteiger partial charge in [-0.2, -0.15) is 0 Å². The number of nitrogens with one attached hydrogen (secondary N) is 1. The van der Waals surface area contributed by atoms with Crippen molar-refractivity contribution >= 4 is 17.5 Å². The number of hydrogen-bond acceptors (Lipinski definition) is 4. The van der Waals surface area contributed by atoms with Crippen LogP contribution in [0.25, 0.3) is 0 Å². The number of rotatable bonds is 6. The number of aromatic nitrogens is 1. The van der Waals surface area contributed by atoms with E-state index < -0.39 is 0 Å². The lowest BCUT2D eigenvalue weighted by atomic mass is 10.1. The molecule has 1 N–H and O–H groups in total. The molecular weight excluding hydrogens is 306 g/mol. The summed E-state index contributed by atoms with van der Waals surface area (Å²) >= 11 is 0. The number of pyridine rings is 1.